The van der Waals surface area contributed by atoms with Gasteiger partial charge in [0, 0.05) is 11.6 Å². The molecule has 0 fully saturated rings. The van der Waals surface area contributed by atoms with Crippen LogP contribution in [0.15, 0.2) is 48.5 Å². The van der Waals surface area contributed by atoms with Crippen molar-refractivity contribution in [3.05, 3.63) is 64.7 Å². The Bertz CT molecular complexity index is 698. The van der Waals surface area contributed by atoms with Gasteiger partial charge in [-0.15, -0.1) is 0 Å². The van der Waals surface area contributed by atoms with E-state index < -0.39 is 12.1 Å². The summed E-state index contributed by atoms with van der Waals surface area (Å²) < 4.78 is 10.2. The van der Waals surface area contributed by atoms with Gasteiger partial charge in [-0.25, -0.2) is 4.79 Å². The summed E-state index contributed by atoms with van der Waals surface area (Å²) in [5.41, 5.74) is 1.33. The zero-order valence-electron chi connectivity index (χ0n) is 13.4. The van der Waals surface area contributed by atoms with E-state index in [1.165, 1.54) is 7.11 Å². The van der Waals surface area contributed by atoms with Gasteiger partial charge in [-0.1, -0.05) is 23.7 Å². The Labute approximate surface area is 145 Å². The summed E-state index contributed by atoms with van der Waals surface area (Å²) in [7, 11) is 1.33. The maximum atomic E-state index is 12.1. The highest BCUT2D eigenvalue weighted by molar-refractivity contribution is 6.30. The van der Waals surface area contributed by atoms with Crippen molar-refractivity contribution < 1.29 is 19.1 Å². The number of esters is 1. The zero-order valence-corrected chi connectivity index (χ0v) is 14.2. The van der Waals surface area contributed by atoms with Crippen LogP contribution >= 0.6 is 11.6 Å². The SMILES string of the molecule is COC(=O)c1ccc(CNC(=O)C(C)Oc2ccc(Cl)cc2)cc1. The number of methoxy groups -OCH3 is 1. The van der Waals surface area contributed by atoms with Gasteiger partial charge in [0.2, 0.25) is 0 Å². The largest absolute Gasteiger partial charge is 0.481 e. The molecule has 1 unspecified atom stereocenters. The van der Waals surface area contributed by atoms with Crippen LogP contribution in [-0.2, 0) is 16.1 Å². The quantitative estimate of drug-likeness (QED) is 0.815. The molecule has 6 heteroatoms. The third kappa shape index (κ3) is 4.99. The van der Waals surface area contributed by atoms with Gasteiger partial charge in [-0.2, -0.15) is 0 Å². The van der Waals surface area contributed by atoms with Crippen molar-refractivity contribution in [1.29, 1.82) is 0 Å². The Morgan fingerprint density at radius 2 is 1.71 bits per heavy atom. The molecule has 1 amide bonds. The van der Waals surface area contributed by atoms with E-state index in [1.807, 2.05) is 0 Å². The van der Waals surface area contributed by atoms with Crippen LogP contribution in [-0.4, -0.2) is 25.1 Å². The number of carbonyl (C=O) groups excluding carboxylic acids is 2. The first-order chi connectivity index (χ1) is 11.5. The number of hydrogen-bond donors (Lipinski definition) is 1. The van der Waals surface area contributed by atoms with Crippen LogP contribution in [0.25, 0.3) is 0 Å². The second kappa shape index (κ2) is 8.36. The monoisotopic (exact) mass is 347 g/mol. The lowest BCUT2D eigenvalue weighted by atomic mass is 10.1. The van der Waals surface area contributed by atoms with Crippen LogP contribution in [0.4, 0.5) is 0 Å². The molecule has 0 aromatic heterocycles. The minimum absolute atomic E-state index is 0.234. The molecular weight excluding hydrogens is 330 g/mol. The summed E-state index contributed by atoms with van der Waals surface area (Å²) in [5.74, 6) is -0.0537. The van der Waals surface area contributed by atoms with Crippen molar-refractivity contribution >= 4 is 23.5 Å². The van der Waals surface area contributed by atoms with Crippen LogP contribution in [0.1, 0.15) is 22.8 Å². The number of rotatable bonds is 6. The second-order valence-corrected chi connectivity index (χ2v) is 5.56. The summed E-state index contributed by atoms with van der Waals surface area (Å²) in [6.07, 6.45) is -0.638. The van der Waals surface area contributed by atoms with Gasteiger partial charge in [0.15, 0.2) is 6.10 Å². The number of hydrogen-bond acceptors (Lipinski definition) is 4. The van der Waals surface area contributed by atoms with Crippen molar-refractivity contribution in [2.24, 2.45) is 0 Å². The van der Waals surface area contributed by atoms with E-state index in [2.05, 4.69) is 10.1 Å². The molecule has 0 heterocycles. The highest BCUT2D eigenvalue weighted by atomic mass is 35.5. The van der Waals surface area contributed by atoms with Crippen LogP contribution in [0.5, 0.6) is 5.75 Å². The summed E-state index contributed by atoms with van der Waals surface area (Å²) >= 11 is 5.80. The minimum atomic E-state index is -0.638. The van der Waals surface area contributed by atoms with E-state index in [1.54, 1.807) is 55.5 Å². The van der Waals surface area contributed by atoms with Gasteiger partial charge in [0.25, 0.3) is 5.91 Å². The fourth-order valence-electron chi connectivity index (χ4n) is 1.98. The van der Waals surface area contributed by atoms with E-state index in [-0.39, 0.29) is 5.91 Å². The number of nitrogens with one attached hydrogen (secondary N) is 1. The minimum Gasteiger partial charge on any atom is -0.481 e. The molecule has 1 atom stereocenters. The molecule has 0 spiro atoms. The van der Waals surface area contributed by atoms with Crippen molar-refractivity contribution in [2.75, 3.05) is 7.11 Å². The molecule has 0 aliphatic heterocycles. The Balaban J connectivity index is 1.85. The maximum Gasteiger partial charge on any atom is 0.337 e. The molecule has 126 valence electrons. The third-order valence-electron chi connectivity index (χ3n) is 3.34. The number of halogens is 1. The third-order valence-corrected chi connectivity index (χ3v) is 3.59. The van der Waals surface area contributed by atoms with Crippen molar-refractivity contribution in [1.82, 2.24) is 5.32 Å². The number of amides is 1. The molecule has 0 saturated heterocycles. The van der Waals surface area contributed by atoms with E-state index in [0.717, 1.165) is 5.56 Å². The van der Waals surface area contributed by atoms with E-state index in [9.17, 15) is 9.59 Å². The lowest BCUT2D eigenvalue weighted by Crippen LogP contribution is -2.35. The predicted octanol–water partition coefficient (Wildman–Crippen LogP) is 3.21. The lowest BCUT2D eigenvalue weighted by molar-refractivity contribution is -0.127. The smallest absolute Gasteiger partial charge is 0.337 e. The van der Waals surface area contributed by atoms with Crippen LogP contribution in [0, 0.1) is 0 Å². The first-order valence-electron chi connectivity index (χ1n) is 7.37. The molecule has 0 bridgehead atoms. The maximum absolute atomic E-state index is 12.1. The van der Waals surface area contributed by atoms with Crippen molar-refractivity contribution in [3.63, 3.8) is 0 Å². The average Bonchev–Trinajstić information content (AvgIpc) is 2.61. The normalized spacial score (nSPS) is 11.5. The second-order valence-electron chi connectivity index (χ2n) is 5.12. The molecule has 2 rings (SSSR count). The summed E-state index contributed by atoms with van der Waals surface area (Å²) in [4.78, 5) is 23.4. The highest BCUT2D eigenvalue weighted by Crippen LogP contribution is 2.16. The molecule has 2 aromatic rings. The molecule has 0 aliphatic carbocycles. The average molecular weight is 348 g/mol. The number of benzene rings is 2. The molecule has 1 N–H and O–H groups in total. The lowest BCUT2D eigenvalue weighted by Gasteiger charge is -2.15. The molecule has 0 aliphatic rings. The molecular formula is C18H18ClNO4. The number of carbonyl (C=O) groups is 2. The Morgan fingerprint density at radius 1 is 1.08 bits per heavy atom. The van der Waals surface area contributed by atoms with Gasteiger partial charge in [-0.3, -0.25) is 4.79 Å². The molecule has 2 aromatic carbocycles. The van der Waals surface area contributed by atoms with Crippen molar-refractivity contribution in [3.8, 4) is 5.75 Å². The van der Waals surface area contributed by atoms with E-state index >= 15 is 0 Å². The molecule has 0 saturated carbocycles. The molecule has 5 nitrogen and oxygen atoms in total. The predicted molar refractivity (Wildman–Crippen MR) is 91.2 cm³/mol. The topological polar surface area (TPSA) is 64.6 Å². The van der Waals surface area contributed by atoms with E-state index in [0.29, 0.717) is 22.9 Å². The highest BCUT2D eigenvalue weighted by Gasteiger charge is 2.14. The van der Waals surface area contributed by atoms with Crippen LogP contribution in [0.2, 0.25) is 5.02 Å². The van der Waals surface area contributed by atoms with Gasteiger partial charge in [0.1, 0.15) is 5.75 Å². The van der Waals surface area contributed by atoms with Crippen LogP contribution in [0.3, 0.4) is 0 Å². The first kappa shape index (κ1) is 17.8. The van der Waals surface area contributed by atoms with Crippen LogP contribution < -0.4 is 10.1 Å². The van der Waals surface area contributed by atoms with E-state index in [4.69, 9.17) is 16.3 Å². The first-order valence-corrected chi connectivity index (χ1v) is 7.74. The standard InChI is InChI=1S/C18H18ClNO4/c1-12(24-16-9-7-15(19)8-10-16)17(21)20-11-13-3-5-14(6-4-13)18(22)23-2/h3-10,12H,11H2,1-2H3,(H,20,21). The summed E-state index contributed by atoms with van der Waals surface area (Å²) in [6.45, 7) is 2.01. The fourth-order valence-corrected chi connectivity index (χ4v) is 2.11. The zero-order chi connectivity index (χ0) is 17.5. The summed E-state index contributed by atoms with van der Waals surface area (Å²) in [6, 6.07) is 13.6. The Hall–Kier alpha value is -2.53. The van der Waals surface area contributed by atoms with Gasteiger partial charge >= 0.3 is 5.97 Å². The number of ether oxygens (including phenoxy) is 2. The van der Waals surface area contributed by atoms with Gasteiger partial charge in [-0.05, 0) is 48.9 Å². The molecule has 0 radical (unpaired) electrons. The molecule has 24 heavy (non-hydrogen) atoms. The fraction of sp³-hybridized carbons (Fsp3) is 0.222. The van der Waals surface area contributed by atoms with Gasteiger partial charge in [0.05, 0.1) is 12.7 Å². The van der Waals surface area contributed by atoms with Crippen molar-refractivity contribution in [2.45, 2.75) is 19.6 Å². The summed E-state index contributed by atoms with van der Waals surface area (Å²) in [5, 5.41) is 3.39. The Kier molecular flexibility index (Phi) is 6.21. The van der Waals surface area contributed by atoms with Gasteiger partial charge < -0.3 is 14.8 Å². The Morgan fingerprint density at radius 3 is 2.29 bits per heavy atom.